The second-order valence-electron chi connectivity index (χ2n) is 16.2. The Bertz CT molecular complexity index is 1370. The van der Waals surface area contributed by atoms with Gasteiger partial charge in [-0.1, -0.05) is 106 Å². The number of unbranched alkanes of at least 4 members (excludes halogenated alkanes) is 5. The number of allylic oxidation sites excluding steroid dienone is 10. The van der Waals surface area contributed by atoms with Crippen molar-refractivity contribution in [2.24, 2.45) is 5.92 Å². The molecule has 0 amide bonds. The first-order valence-electron chi connectivity index (χ1n) is 22.0. The van der Waals surface area contributed by atoms with Gasteiger partial charge in [-0.3, -0.25) is 14.2 Å². The van der Waals surface area contributed by atoms with Crippen LogP contribution in [0, 0.1) is 5.92 Å². The number of likely N-dealkylation sites (N-methyl/N-ethyl adjacent to an activating group) is 1. The minimum absolute atomic E-state index is 0.0176. The number of hydrogen-bond donors (Lipinski definition) is 3. The molecule has 3 N–H and O–H groups in total. The fourth-order valence-corrected chi connectivity index (χ4v) is 6.71. The first-order chi connectivity index (χ1) is 28.7. The lowest BCUT2D eigenvalue weighted by atomic mass is 9.87. The molecule has 0 bridgehead atoms. The van der Waals surface area contributed by atoms with E-state index in [0.29, 0.717) is 43.1 Å². The molecule has 13 nitrogen and oxygen atoms in total. The molecule has 1 saturated heterocycles. The number of ether oxygens (including phenoxy) is 3. The van der Waals surface area contributed by atoms with E-state index in [1.165, 1.54) is 0 Å². The molecule has 60 heavy (non-hydrogen) atoms. The summed E-state index contributed by atoms with van der Waals surface area (Å²) in [6, 6.07) is 0. The third kappa shape index (κ3) is 31.2. The molecule has 1 rings (SSSR count). The van der Waals surface area contributed by atoms with Gasteiger partial charge in [-0.15, -0.1) is 0 Å². The van der Waals surface area contributed by atoms with Crippen LogP contribution in [0.3, 0.4) is 0 Å². The number of rotatable bonds is 34. The number of aliphatic hydroxyl groups excluding tert-OH is 3. The van der Waals surface area contributed by atoms with Crippen LogP contribution in [-0.2, 0) is 37.4 Å². The summed E-state index contributed by atoms with van der Waals surface area (Å²) >= 11 is 0. The van der Waals surface area contributed by atoms with Crippen LogP contribution in [0.5, 0.6) is 0 Å². The van der Waals surface area contributed by atoms with Crippen LogP contribution in [0.2, 0.25) is 0 Å². The number of aliphatic hydroxyl groups is 3. The van der Waals surface area contributed by atoms with Gasteiger partial charge in [0.05, 0.1) is 46.1 Å². The number of carbonyl (C=O) groups excluding carboxylic acids is 2. The lowest BCUT2D eigenvalue weighted by Gasteiger charge is -2.36. The van der Waals surface area contributed by atoms with E-state index in [4.69, 9.17) is 23.3 Å². The van der Waals surface area contributed by atoms with Crippen LogP contribution in [0.1, 0.15) is 123 Å². The summed E-state index contributed by atoms with van der Waals surface area (Å²) in [5.74, 6) is -1.42. The largest absolute Gasteiger partial charge is 0.756 e. The van der Waals surface area contributed by atoms with Crippen molar-refractivity contribution in [3.8, 4) is 0 Å². The molecule has 14 heteroatoms. The molecule has 1 aliphatic rings. The summed E-state index contributed by atoms with van der Waals surface area (Å²) in [6.07, 6.45) is 31.3. The van der Waals surface area contributed by atoms with Crippen LogP contribution >= 0.6 is 7.82 Å². The monoisotopic (exact) mass is 868 g/mol. The average Bonchev–Trinajstić information content (AvgIpc) is 3.18. The molecule has 0 radical (unpaired) electrons. The van der Waals surface area contributed by atoms with Crippen molar-refractivity contribution in [3.05, 3.63) is 72.9 Å². The summed E-state index contributed by atoms with van der Waals surface area (Å²) in [6.45, 7) is 3.61. The minimum Gasteiger partial charge on any atom is -0.756 e. The van der Waals surface area contributed by atoms with Crippen LogP contribution in [-0.4, -0.2) is 110 Å². The van der Waals surface area contributed by atoms with Gasteiger partial charge in [-0.2, -0.15) is 0 Å². The maximum absolute atomic E-state index is 12.8. The molecular formula is C46H78NO12P. The van der Waals surface area contributed by atoms with Crippen molar-refractivity contribution in [2.75, 3.05) is 47.5 Å². The Kier molecular flexibility index (Phi) is 31.2. The van der Waals surface area contributed by atoms with E-state index >= 15 is 0 Å². The van der Waals surface area contributed by atoms with E-state index < -0.39 is 57.1 Å². The molecule has 0 aromatic rings. The number of phosphoric ester groups is 1. The van der Waals surface area contributed by atoms with Crippen LogP contribution in [0.4, 0.5) is 0 Å². The Hall–Kier alpha value is -2.71. The van der Waals surface area contributed by atoms with Gasteiger partial charge in [0.1, 0.15) is 19.8 Å². The molecule has 1 heterocycles. The molecule has 0 aromatic carbocycles. The summed E-state index contributed by atoms with van der Waals surface area (Å²) in [4.78, 5) is 37.7. The predicted octanol–water partition coefficient (Wildman–Crippen LogP) is 7.71. The van der Waals surface area contributed by atoms with Gasteiger partial charge >= 0.3 is 11.9 Å². The van der Waals surface area contributed by atoms with Gasteiger partial charge < -0.3 is 48.0 Å². The Morgan fingerprint density at radius 1 is 0.817 bits per heavy atom. The third-order valence-corrected chi connectivity index (χ3v) is 10.5. The van der Waals surface area contributed by atoms with Crippen molar-refractivity contribution in [3.63, 3.8) is 0 Å². The summed E-state index contributed by atoms with van der Waals surface area (Å²) in [5, 5.41) is 31.0. The van der Waals surface area contributed by atoms with E-state index in [2.05, 4.69) is 62.5 Å². The van der Waals surface area contributed by atoms with Gasteiger partial charge in [0, 0.05) is 25.2 Å². The van der Waals surface area contributed by atoms with E-state index in [-0.39, 0.29) is 38.4 Å². The summed E-state index contributed by atoms with van der Waals surface area (Å²) in [7, 11) is 0.961. The number of phosphoric acid groups is 1. The second kappa shape index (κ2) is 33.9. The van der Waals surface area contributed by atoms with Crippen LogP contribution < -0.4 is 4.89 Å². The number of hydrogen-bond acceptors (Lipinski definition) is 12. The maximum Gasteiger partial charge on any atom is 0.306 e. The van der Waals surface area contributed by atoms with E-state index in [1.54, 1.807) is 12.2 Å². The first-order valence-corrected chi connectivity index (χ1v) is 23.5. The topological polar surface area (TPSA) is 181 Å². The highest BCUT2D eigenvalue weighted by Gasteiger charge is 2.35. The Balaban J connectivity index is 2.59. The molecule has 1 fully saturated rings. The Morgan fingerprint density at radius 3 is 2.12 bits per heavy atom. The number of quaternary nitrogens is 1. The number of esters is 2. The van der Waals surface area contributed by atoms with Crippen molar-refractivity contribution < 1.29 is 62.1 Å². The predicted molar refractivity (Wildman–Crippen MR) is 234 cm³/mol. The molecule has 7 atom stereocenters. The van der Waals surface area contributed by atoms with Crippen LogP contribution in [0.25, 0.3) is 0 Å². The molecule has 1 aliphatic heterocycles. The highest BCUT2D eigenvalue weighted by atomic mass is 31.2. The van der Waals surface area contributed by atoms with E-state index in [9.17, 15) is 34.4 Å². The first kappa shape index (κ1) is 55.3. The Labute approximate surface area is 361 Å². The zero-order valence-corrected chi connectivity index (χ0v) is 38.0. The normalized spacial score (nSPS) is 21.2. The van der Waals surface area contributed by atoms with Gasteiger partial charge in [-0.25, -0.2) is 0 Å². The van der Waals surface area contributed by atoms with Crippen molar-refractivity contribution in [1.82, 2.24) is 0 Å². The zero-order valence-electron chi connectivity index (χ0n) is 37.2. The minimum atomic E-state index is -4.72. The number of carbonyl (C=O) groups is 2. The average molecular weight is 868 g/mol. The lowest BCUT2D eigenvalue weighted by Crippen LogP contribution is -2.43. The van der Waals surface area contributed by atoms with Gasteiger partial charge in [-0.05, 0) is 70.6 Å². The third-order valence-electron chi connectivity index (χ3n) is 9.51. The van der Waals surface area contributed by atoms with Gasteiger partial charge in [0.2, 0.25) is 0 Å². The SMILES string of the molecule is CC/C=C\C/C=C\C/C=C\C/C=C\CCCCC(=O)OC[C@H](COP(=O)([O-])OCC[N+](C)(C)C)OC(=O)CCC/C=C\C[C@H]1[C@@H](O)CC(O)O[C@@H]1/C=C/[C@@H](O)CCCCC. The standard InChI is InChI=1S/C46H78NO12P/c1-6-8-10-11-12-13-14-15-16-17-18-19-20-21-26-30-44(50)55-37-40(38-57-60(53,54)56-35-34-47(3,4)5)58-45(51)31-27-23-22-25-29-41-42(49)36-46(52)59-43(41)33-32-39(48)28-24-9-7-2/h8,10,12-13,15-16,18-19,22,25,32-33,39-43,46,48-49,52H,6-7,9,11,14,17,20-21,23-24,26-31,34-38H2,1-5H3/b10-8-,13-12-,16-15-,19-18-,25-22-,33-32+/t39-,40+,41-,42-,43+,46?/m0/s1. The molecule has 0 spiro atoms. The lowest BCUT2D eigenvalue weighted by molar-refractivity contribution is -0.870. The van der Waals surface area contributed by atoms with Crippen molar-refractivity contribution in [1.29, 1.82) is 0 Å². The zero-order chi connectivity index (χ0) is 44.5. The molecular weight excluding hydrogens is 789 g/mol. The maximum atomic E-state index is 12.8. The molecule has 0 saturated carbocycles. The van der Waals surface area contributed by atoms with Gasteiger partial charge in [0.25, 0.3) is 7.82 Å². The summed E-state index contributed by atoms with van der Waals surface area (Å²) < 4.78 is 39.4. The van der Waals surface area contributed by atoms with Crippen LogP contribution in [0.15, 0.2) is 72.9 Å². The molecule has 0 aliphatic carbocycles. The second-order valence-corrected chi connectivity index (χ2v) is 17.6. The highest BCUT2D eigenvalue weighted by Crippen LogP contribution is 2.38. The summed E-state index contributed by atoms with van der Waals surface area (Å²) in [5.41, 5.74) is 0. The highest BCUT2D eigenvalue weighted by molar-refractivity contribution is 7.45. The van der Waals surface area contributed by atoms with Crippen molar-refractivity contribution in [2.45, 2.75) is 154 Å². The quantitative estimate of drug-likeness (QED) is 0.0189. The molecule has 0 aromatic heterocycles. The van der Waals surface area contributed by atoms with E-state index in [0.717, 1.165) is 57.8 Å². The van der Waals surface area contributed by atoms with Crippen molar-refractivity contribution >= 4 is 19.8 Å². The fraction of sp³-hybridized carbons (Fsp3) is 0.696. The van der Waals surface area contributed by atoms with Gasteiger partial charge in [0.15, 0.2) is 12.4 Å². The number of nitrogens with zero attached hydrogens (tertiary/aromatic N) is 1. The Morgan fingerprint density at radius 2 is 1.45 bits per heavy atom. The fourth-order valence-electron chi connectivity index (χ4n) is 5.98. The molecule has 2 unspecified atom stereocenters. The smallest absolute Gasteiger partial charge is 0.306 e. The molecule has 344 valence electrons. The van der Waals surface area contributed by atoms with E-state index in [1.807, 2.05) is 33.3 Å².